The first-order chi connectivity index (χ1) is 11.2. The van der Waals surface area contributed by atoms with Crippen molar-refractivity contribution in [3.8, 4) is 5.82 Å². The Labute approximate surface area is 148 Å². The lowest BCUT2D eigenvalue weighted by atomic mass is 9.96. The van der Waals surface area contributed by atoms with Gasteiger partial charge in [0.25, 0.3) is 5.91 Å². The predicted octanol–water partition coefficient (Wildman–Crippen LogP) is 3.92. The van der Waals surface area contributed by atoms with Gasteiger partial charge in [-0.15, -0.1) is 11.3 Å². The molecule has 0 aliphatic rings. The number of amides is 1. The predicted molar refractivity (Wildman–Crippen MR) is 96.5 cm³/mol. The van der Waals surface area contributed by atoms with Crippen molar-refractivity contribution in [3.05, 3.63) is 45.3 Å². The highest BCUT2D eigenvalue weighted by molar-refractivity contribution is 7.09. The molecule has 0 aliphatic heterocycles. The SMILES string of the molecule is Cc1cn(-c2cnc3cc(Cl)ccc3n2)/c(=N/C(=O)C(C)(C)C)s1. The smallest absolute Gasteiger partial charge is 0.253 e. The fraction of sp³-hybridized carbons (Fsp3) is 0.294. The van der Waals surface area contributed by atoms with Crippen molar-refractivity contribution < 1.29 is 4.79 Å². The second-order valence-corrected chi connectivity index (χ2v) is 8.17. The van der Waals surface area contributed by atoms with Crippen LogP contribution in [-0.4, -0.2) is 20.4 Å². The van der Waals surface area contributed by atoms with Gasteiger partial charge in [0.05, 0.1) is 17.2 Å². The highest BCUT2D eigenvalue weighted by Gasteiger charge is 2.21. The molecule has 0 saturated carbocycles. The van der Waals surface area contributed by atoms with Crippen molar-refractivity contribution in [2.24, 2.45) is 10.4 Å². The van der Waals surface area contributed by atoms with Gasteiger partial charge in [-0.3, -0.25) is 14.3 Å². The fourth-order valence-electron chi connectivity index (χ4n) is 2.04. The maximum atomic E-state index is 12.3. The van der Waals surface area contributed by atoms with E-state index in [-0.39, 0.29) is 5.91 Å². The minimum Gasteiger partial charge on any atom is -0.275 e. The van der Waals surface area contributed by atoms with Gasteiger partial charge < -0.3 is 0 Å². The Morgan fingerprint density at radius 3 is 2.75 bits per heavy atom. The molecule has 124 valence electrons. The standard InChI is InChI=1S/C17H17ClN4OS/c1-10-9-22(16(24-10)21-15(23)17(2,3)4)14-8-19-13-7-11(18)5-6-12(13)20-14/h5-9H,1-4H3/b21-16-. The van der Waals surface area contributed by atoms with E-state index < -0.39 is 5.41 Å². The van der Waals surface area contributed by atoms with Gasteiger partial charge in [0.15, 0.2) is 10.6 Å². The number of hydrogen-bond donors (Lipinski definition) is 0. The van der Waals surface area contributed by atoms with Crippen LogP contribution in [0.4, 0.5) is 0 Å². The third-order valence-electron chi connectivity index (χ3n) is 3.35. The number of thiazole rings is 1. The minimum absolute atomic E-state index is 0.168. The summed E-state index contributed by atoms with van der Waals surface area (Å²) in [6, 6.07) is 5.37. The van der Waals surface area contributed by atoms with Crippen LogP contribution in [0.2, 0.25) is 5.02 Å². The second-order valence-electron chi connectivity index (χ2n) is 6.52. The number of benzene rings is 1. The molecule has 2 aromatic heterocycles. The maximum Gasteiger partial charge on any atom is 0.253 e. The molecule has 7 heteroatoms. The Hall–Kier alpha value is -2.05. The first-order valence-electron chi connectivity index (χ1n) is 7.45. The molecule has 0 aliphatic carbocycles. The quantitative estimate of drug-likeness (QED) is 0.660. The summed E-state index contributed by atoms with van der Waals surface area (Å²) in [7, 11) is 0. The van der Waals surface area contributed by atoms with Crippen molar-refractivity contribution in [3.63, 3.8) is 0 Å². The summed E-state index contributed by atoms with van der Waals surface area (Å²) in [5.41, 5.74) is 0.936. The molecule has 5 nitrogen and oxygen atoms in total. The molecule has 2 heterocycles. The van der Waals surface area contributed by atoms with Crippen LogP contribution >= 0.6 is 22.9 Å². The Morgan fingerprint density at radius 1 is 1.29 bits per heavy atom. The molecule has 0 bridgehead atoms. The minimum atomic E-state index is -0.526. The lowest BCUT2D eigenvalue weighted by Gasteiger charge is -2.11. The van der Waals surface area contributed by atoms with E-state index in [1.165, 1.54) is 11.3 Å². The first kappa shape index (κ1) is 16.8. The zero-order valence-corrected chi connectivity index (χ0v) is 15.4. The molecule has 3 rings (SSSR count). The molecule has 1 aromatic carbocycles. The highest BCUT2D eigenvalue weighted by atomic mass is 35.5. The Bertz CT molecular complexity index is 998. The third kappa shape index (κ3) is 3.39. The van der Waals surface area contributed by atoms with E-state index in [0.29, 0.717) is 15.6 Å². The lowest BCUT2D eigenvalue weighted by molar-refractivity contribution is -0.125. The molecule has 24 heavy (non-hydrogen) atoms. The van der Waals surface area contributed by atoms with Crippen molar-refractivity contribution >= 4 is 39.9 Å². The van der Waals surface area contributed by atoms with Crippen LogP contribution in [0.3, 0.4) is 0 Å². The van der Waals surface area contributed by atoms with Crippen molar-refractivity contribution in [2.75, 3.05) is 0 Å². The van der Waals surface area contributed by atoms with Crippen molar-refractivity contribution in [1.29, 1.82) is 0 Å². The molecule has 1 amide bonds. The van der Waals surface area contributed by atoms with Crippen LogP contribution in [0.1, 0.15) is 25.6 Å². The van der Waals surface area contributed by atoms with Gasteiger partial charge >= 0.3 is 0 Å². The maximum absolute atomic E-state index is 12.3. The van der Waals surface area contributed by atoms with Crippen LogP contribution < -0.4 is 4.80 Å². The molecular weight excluding hydrogens is 344 g/mol. The molecule has 0 fully saturated rings. The van der Waals surface area contributed by atoms with Crippen LogP contribution in [0.5, 0.6) is 0 Å². The molecule has 0 atom stereocenters. The second kappa shape index (κ2) is 6.11. The number of aryl methyl sites for hydroxylation is 1. The van der Waals surface area contributed by atoms with E-state index in [2.05, 4.69) is 15.0 Å². The van der Waals surface area contributed by atoms with Gasteiger partial charge in [-0.2, -0.15) is 4.99 Å². The summed E-state index contributed by atoms with van der Waals surface area (Å²) in [5, 5.41) is 0.620. The summed E-state index contributed by atoms with van der Waals surface area (Å²) in [5.74, 6) is 0.452. The molecule has 3 aromatic rings. The lowest BCUT2D eigenvalue weighted by Crippen LogP contribution is -2.23. The zero-order valence-electron chi connectivity index (χ0n) is 13.9. The topological polar surface area (TPSA) is 60.1 Å². The van der Waals surface area contributed by atoms with E-state index >= 15 is 0 Å². The number of fused-ring (bicyclic) bond motifs is 1. The van der Waals surface area contributed by atoms with E-state index in [4.69, 9.17) is 11.6 Å². The summed E-state index contributed by atoms with van der Waals surface area (Å²) in [4.78, 5) is 27.2. The van der Waals surface area contributed by atoms with Gasteiger partial charge in [-0.05, 0) is 25.1 Å². The summed E-state index contributed by atoms with van der Waals surface area (Å²) in [6.45, 7) is 7.52. The Balaban J connectivity index is 2.15. The molecular formula is C17H17ClN4OS. The Morgan fingerprint density at radius 2 is 2.04 bits per heavy atom. The molecule has 0 unspecified atom stereocenters. The van der Waals surface area contributed by atoms with E-state index in [1.807, 2.05) is 40.0 Å². The van der Waals surface area contributed by atoms with Gasteiger partial charge in [-0.1, -0.05) is 32.4 Å². The van der Waals surface area contributed by atoms with Crippen LogP contribution in [0.25, 0.3) is 16.9 Å². The van der Waals surface area contributed by atoms with Gasteiger partial charge in [0.2, 0.25) is 0 Å². The average Bonchev–Trinajstić information content (AvgIpc) is 2.86. The van der Waals surface area contributed by atoms with Crippen molar-refractivity contribution in [1.82, 2.24) is 14.5 Å². The van der Waals surface area contributed by atoms with Crippen molar-refractivity contribution in [2.45, 2.75) is 27.7 Å². The monoisotopic (exact) mass is 360 g/mol. The molecule has 0 saturated heterocycles. The number of aromatic nitrogens is 3. The number of hydrogen-bond acceptors (Lipinski definition) is 4. The first-order valence-corrected chi connectivity index (χ1v) is 8.64. The van der Waals surface area contributed by atoms with E-state index in [9.17, 15) is 4.79 Å². The average molecular weight is 361 g/mol. The summed E-state index contributed by atoms with van der Waals surface area (Å²) < 4.78 is 1.80. The fourth-order valence-corrected chi connectivity index (χ4v) is 3.03. The van der Waals surface area contributed by atoms with E-state index in [0.717, 1.165) is 15.9 Å². The number of halogens is 1. The molecule has 0 N–H and O–H groups in total. The van der Waals surface area contributed by atoms with Crippen LogP contribution in [0, 0.1) is 12.3 Å². The Kier molecular flexibility index (Phi) is 4.27. The van der Waals surface area contributed by atoms with Gasteiger partial charge in [0, 0.05) is 21.5 Å². The normalized spacial score (nSPS) is 12.8. The third-order valence-corrected chi connectivity index (χ3v) is 4.48. The van der Waals surface area contributed by atoms with Crippen LogP contribution in [-0.2, 0) is 4.79 Å². The largest absolute Gasteiger partial charge is 0.275 e. The number of carbonyl (C=O) groups is 1. The molecule has 0 spiro atoms. The summed E-state index contributed by atoms with van der Waals surface area (Å²) >= 11 is 7.43. The number of nitrogens with zero attached hydrogens (tertiary/aromatic N) is 4. The van der Waals surface area contributed by atoms with E-state index in [1.54, 1.807) is 22.9 Å². The number of rotatable bonds is 1. The van der Waals surface area contributed by atoms with Gasteiger partial charge in [0.1, 0.15) is 0 Å². The van der Waals surface area contributed by atoms with Gasteiger partial charge in [-0.25, -0.2) is 4.98 Å². The van der Waals surface area contributed by atoms with Crippen LogP contribution in [0.15, 0.2) is 35.6 Å². The highest BCUT2D eigenvalue weighted by Crippen LogP contribution is 2.18. The molecule has 0 radical (unpaired) electrons. The zero-order chi connectivity index (χ0) is 17.5. The summed E-state index contributed by atoms with van der Waals surface area (Å²) in [6.07, 6.45) is 3.57. The number of carbonyl (C=O) groups excluding carboxylic acids is 1.